The van der Waals surface area contributed by atoms with Crippen molar-refractivity contribution in [3.8, 4) is 5.75 Å². The molecular formula is C28H33NO4S. The van der Waals surface area contributed by atoms with Gasteiger partial charge in [0.25, 0.3) is 15.9 Å². The van der Waals surface area contributed by atoms with Crippen LogP contribution in [0, 0.1) is 27.7 Å². The highest BCUT2D eigenvalue weighted by atomic mass is 32.2. The highest BCUT2D eigenvalue weighted by Gasteiger charge is 2.33. The van der Waals surface area contributed by atoms with Crippen LogP contribution in [-0.2, 0) is 20.2 Å². The Balaban J connectivity index is 2.04. The van der Waals surface area contributed by atoms with Gasteiger partial charge in [0.1, 0.15) is 5.75 Å². The van der Waals surface area contributed by atoms with E-state index in [9.17, 15) is 13.2 Å². The lowest BCUT2D eigenvalue weighted by atomic mass is 9.85. The maximum atomic E-state index is 13.7. The highest BCUT2D eigenvalue weighted by molar-refractivity contribution is 7.93. The number of anilines is 1. The summed E-state index contributed by atoms with van der Waals surface area (Å²) >= 11 is 0. The zero-order chi connectivity index (χ0) is 25.3. The van der Waals surface area contributed by atoms with Crippen LogP contribution in [0.15, 0.2) is 65.6 Å². The predicted octanol–water partition coefficient (Wildman–Crippen LogP) is 6.02. The van der Waals surface area contributed by atoms with Crippen LogP contribution in [0.2, 0.25) is 0 Å². The molecule has 0 radical (unpaired) electrons. The lowest BCUT2D eigenvalue weighted by molar-refractivity contribution is -0.119. The third kappa shape index (κ3) is 5.33. The highest BCUT2D eigenvalue weighted by Crippen LogP contribution is 2.33. The van der Waals surface area contributed by atoms with Crippen molar-refractivity contribution in [3.63, 3.8) is 0 Å². The Bertz CT molecular complexity index is 1300. The Morgan fingerprint density at radius 3 is 2.12 bits per heavy atom. The van der Waals surface area contributed by atoms with Gasteiger partial charge in [0.05, 0.1) is 10.6 Å². The molecule has 0 aliphatic heterocycles. The van der Waals surface area contributed by atoms with Crippen LogP contribution in [0.4, 0.5) is 5.69 Å². The molecule has 0 atom stereocenters. The predicted molar refractivity (Wildman–Crippen MR) is 137 cm³/mol. The molecule has 0 saturated carbocycles. The Morgan fingerprint density at radius 2 is 1.50 bits per heavy atom. The number of rotatable bonds is 6. The second kappa shape index (κ2) is 9.63. The largest absolute Gasteiger partial charge is 0.483 e. The molecular weight excluding hydrogens is 446 g/mol. The summed E-state index contributed by atoms with van der Waals surface area (Å²) in [6.07, 6.45) is 0. The molecule has 3 aromatic carbocycles. The van der Waals surface area contributed by atoms with Crippen molar-refractivity contribution in [2.75, 3.05) is 10.9 Å². The second-order valence-corrected chi connectivity index (χ2v) is 11.5. The molecule has 0 aromatic heterocycles. The van der Waals surface area contributed by atoms with Crippen molar-refractivity contribution in [2.45, 2.75) is 58.8 Å². The van der Waals surface area contributed by atoms with Crippen LogP contribution in [0.1, 0.15) is 48.6 Å². The fraction of sp³-hybridized carbons (Fsp3) is 0.321. The average Bonchev–Trinajstić information content (AvgIpc) is 2.75. The van der Waals surface area contributed by atoms with E-state index < -0.39 is 22.5 Å². The molecule has 0 unspecified atom stereocenters. The molecule has 6 heteroatoms. The van der Waals surface area contributed by atoms with E-state index in [0.29, 0.717) is 11.4 Å². The fourth-order valence-electron chi connectivity index (χ4n) is 3.72. The maximum Gasteiger partial charge on any atom is 0.278 e. The van der Waals surface area contributed by atoms with Gasteiger partial charge in [-0.05, 0) is 74.1 Å². The van der Waals surface area contributed by atoms with Crippen molar-refractivity contribution in [1.82, 2.24) is 0 Å². The van der Waals surface area contributed by atoms with E-state index in [4.69, 9.17) is 4.74 Å². The number of nitrogens with zero attached hydrogens (tertiary/aromatic N) is 1. The second-order valence-electron chi connectivity index (χ2n) is 9.73. The topological polar surface area (TPSA) is 63.7 Å². The SMILES string of the molecule is Cc1ccc(S(=O)(=O)N(C(=O)COc2ccc(C)cc2C(C)(C)C)c2cccc(C)c2C)cc1. The zero-order valence-corrected chi connectivity index (χ0v) is 21.8. The van der Waals surface area contributed by atoms with Gasteiger partial charge in [-0.3, -0.25) is 4.79 Å². The quantitative estimate of drug-likeness (QED) is 0.434. The molecule has 34 heavy (non-hydrogen) atoms. The average molecular weight is 480 g/mol. The van der Waals surface area contributed by atoms with Crippen LogP contribution >= 0.6 is 0 Å². The first-order chi connectivity index (χ1) is 15.8. The number of hydrogen-bond donors (Lipinski definition) is 0. The number of benzene rings is 3. The number of aryl methyl sites for hydroxylation is 3. The van der Waals surface area contributed by atoms with Gasteiger partial charge in [0.2, 0.25) is 0 Å². The molecule has 0 saturated heterocycles. The van der Waals surface area contributed by atoms with Crippen LogP contribution in [0.3, 0.4) is 0 Å². The summed E-state index contributed by atoms with van der Waals surface area (Å²) in [5, 5.41) is 0. The van der Waals surface area contributed by atoms with Gasteiger partial charge >= 0.3 is 0 Å². The standard InChI is InChI=1S/C28H33NO4S/c1-19-11-14-23(15-12-19)34(31,32)29(25-10-8-9-21(3)22(25)4)27(30)18-33-26-16-13-20(2)17-24(26)28(5,6)7/h8-17H,18H2,1-7H3. The van der Waals surface area contributed by atoms with Gasteiger partial charge in [-0.15, -0.1) is 0 Å². The van der Waals surface area contributed by atoms with E-state index in [1.54, 1.807) is 24.3 Å². The summed E-state index contributed by atoms with van der Waals surface area (Å²) < 4.78 is 34.2. The Morgan fingerprint density at radius 1 is 0.882 bits per heavy atom. The van der Waals surface area contributed by atoms with Crippen LogP contribution in [0.25, 0.3) is 0 Å². The third-order valence-electron chi connectivity index (χ3n) is 5.87. The fourth-order valence-corrected chi connectivity index (χ4v) is 5.19. The molecule has 0 N–H and O–H groups in total. The van der Waals surface area contributed by atoms with Crippen LogP contribution in [0.5, 0.6) is 5.75 Å². The molecule has 0 heterocycles. The summed E-state index contributed by atoms with van der Waals surface area (Å²) in [6, 6.07) is 17.6. The first-order valence-corrected chi connectivity index (χ1v) is 12.7. The number of sulfonamides is 1. The normalized spacial score (nSPS) is 11.9. The molecule has 180 valence electrons. The van der Waals surface area contributed by atoms with E-state index in [0.717, 1.165) is 32.1 Å². The van der Waals surface area contributed by atoms with Gasteiger partial charge in [0.15, 0.2) is 6.61 Å². The molecule has 5 nitrogen and oxygen atoms in total. The van der Waals surface area contributed by atoms with Crippen molar-refractivity contribution in [1.29, 1.82) is 0 Å². The summed E-state index contributed by atoms with van der Waals surface area (Å²) in [6.45, 7) is 13.4. The first-order valence-electron chi connectivity index (χ1n) is 11.3. The minimum absolute atomic E-state index is 0.0538. The molecule has 0 spiro atoms. The third-order valence-corrected chi connectivity index (χ3v) is 7.62. The summed E-state index contributed by atoms with van der Waals surface area (Å²) in [5.74, 6) is -0.0881. The molecule has 3 rings (SSSR count). The van der Waals surface area contributed by atoms with Crippen LogP contribution in [-0.4, -0.2) is 20.9 Å². The summed E-state index contributed by atoms with van der Waals surface area (Å²) in [5.41, 5.74) is 4.71. The zero-order valence-electron chi connectivity index (χ0n) is 21.0. The monoisotopic (exact) mass is 479 g/mol. The van der Waals surface area contributed by atoms with E-state index in [1.165, 1.54) is 12.1 Å². The van der Waals surface area contributed by atoms with Crippen molar-refractivity contribution < 1.29 is 17.9 Å². The van der Waals surface area contributed by atoms with Crippen LogP contribution < -0.4 is 9.04 Å². The lowest BCUT2D eigenvalue weighted by Gasteiger charge is -2.26. The van der Waals surface area contributed by atoms with Gasteiger partial charge in [0, 0.05) is 0 Å². The number of amides is 1. The van der Waals surface area contributed by atoms with Crippen molar-refractivity contribution in [3.05, 3.63) is 88.5 Å². The number of ether oxygens (including phenoxy) is 1. The Kier molecular flexibility index (Phi) is 7.22. The van der Waals surface area contributed by atoms with Gasteiger partial charge in [-0.25, -0.2) is 8.42 Å². The number of hydrogen-bond acceptors (Lipinski definition) is 4. The van der Waals surface area contributed by atoms with Gasteiger partial charge in [-0.1, -0.05) is 68.3 Å². The molecule has 0 bridgehead atoms. The lowest BCUT2D eigenvalue weighted by Crippen LogP contribution is -2.40. The summed E-state index contributed by atoms with van der Waals surface area (Å²) in [4.78, 5) is 13.6. The molecule has 0 aliphatic carbocycles. The Hall–Kier alpha value is -3.12. The number of carbonyl (C=O) groups is 1. The van der Waals surface area contributed by atoms with Crippen molar-refractivity contribution in [2.24, 2.45) is 0 Å². The minimum Gasteiger partial charge on any atom is -0.483 e. The smallest absolute Gasteiger partial charge is 0.278 e. The van der Waals surface area contributed by atoms with E-state index in [2.05, 4.69) is 20.8 Å². The molecule has 0 fully saturated rings. The van der Waals surface area contributed by atoms with E-state index in [-0.39, 0.29) is 10.3 Å². The first kappa shape index (κ1) is 25.5. The minimum atomic E-state index is -4.16. The molecule has 3 aromatic rings. The van der Waals surface area contributed by atoms with E-state index in [1.807, 2.05) is 52.0 Å². The van der Waals surface area contributed by atoms with Gasteiger partial charge < -0.3 is 4.74 Å². The van der Waals surface area contributed by atoms with E-state index >= 15 is 0 Å². The maximum absolute atomic E-state index is 13.7. The summed E-state index contributed by atoms with van der Waals surface area (Å²) in [7, 11) is -4.16. The molecule has 1 amide bonds. The van der Waals surface area contributed by atoms with Gasteiger partial charge in [-0.2, -0.15) is 4.31 Å². The number of carbonyl (C=O) groups excluding carboxylic acids is 1. The van der Waals surface area contributed by atoms with Crippen molar-refractivity contribution >= 4 is 21.6 Å². The molecule has 0 aliphatic rings. The Labute approximate surface area is 203 Å².